The van der Waals surface area contributed by atoms with Gasteiger partial charge in [0.15, 0.2) is 0 Å². The SMILES string of the molecule is CC(C)C(C(=O)O)N1CCN(CCO)CC1. The van der Waals surface area contributed by atoms with Crippen molar-refractivity contribution in [3.8, 4) is 0 Å². The number of aliphatic carboxylic acids is 1. The number of β-amino-alcohol motifs (C(OH)–C–C–N with tert-alkyl or cyclic N) is 1. The predicted molar refractivity (Wildman–Crippen MR) is 61.4 cm³/mol. The molecule has 1 rings (SSSR count). The summed E-state index contributed by atoms with van der Waals surface area (Å²) in [6, 6.07) is -0.378. The number of rotatable bonds is 5. The molecule has 1 aliphatic heterocycles. The Morgan fingerprint density at radius 1 is 1.25 bits per heavy atom. The second-order valence-corrected chi connectivity index (χ2v) is 4.63. The first kappa shape index (κ1) is 13.4. The van der Waals surface area contributed by atoms with Gasteiger partial charge >= 0.3 is 5.97 Å². The molecule has 1 atom stereocenters. The van der Waals surface area contributed by atoms with Gasteiger partial charge in [0.25, 0.3) is 0 Å². The first-order chi connectivity index (χ1) is 7.56. The van der Waals surface area contributed by atoms with Gasteiger partial charge in [0.1, 0.15) is 6.04 Å². The van der Waals surface area contributed by atoms with E-state index in [2.05, 4.69) is 4.90 Å². The summed E-state index contributed by atoms with van der Waals surface area (Å²) >= 11 is 0. The standard InChI is InChI=1S/C11H22N2O3/c1-9(2)10(11(15)16)13-5-3-12(4-6-13)7-8-14/h9-10,14H,3-8H2,1-2H3,(H,15,16). The summed E-state index contributed by atoms with van der Waals surface area (Å²) in [6.45, 7) is 7.98. The number of aliphatic hydroxyl groups is 1. The molecule has 1 unspecified atom stereocenters. The molecule has 1 fully saturated rings. The van der Waals surface area contributed by atoms with Gasteiger partial charge in [-0.15, -0.1) is 0 Å². The number of aliphatic hydroxyl groups excluding tert-OH is 1. The van der Waals surface area contributed by atoms with Crippen LogP contribution in [0.1, 0.15) is 13.8 Å². The summed E-state index contributed by atoms with van der Waals surface area (Å²) in [7, 11) is 0. The van der Waals surface area contributed by atoms with E-state index in [1.165, 1.54) is 0 Å². The second kappa shape index (κ2) is 6.18. The van der Waals surface area contributed by atoms with Crippen molar-refractivity contribution in [3.63, 3.8) is 0 Å². The lowest BCUT2D eigenvalue weighted by molar-refractivity contribution is -0.146. The summed E-state index contributed by atoms with van der Waals surface area (Å²) < 4.78 is 0. The maximum absolute atomic E-state index is 11.2. The number of carboxylic acid groups (broad SMARTS) is 1. The van der Waals surface area contributed by atoms with Gasteiger partial charge in [0, 0.05) is 32.7 Å². The Hall–Kier alpha value is -0.650. The van der Waals surface area contributed by atoms with Gasteiger partial charge < -0.3 is 10.2 Å². The number of hydrogen-bond donors (Lipinski definition) is 2. The van der Waals surface area contributed by atoms with E-state index in [0.29, 0.717) is 6.54 Å². The minimum absolute atomic E-state index is 0.127. The summed E-state index contributed by atoms with van der Waals surface area (Å²) in [5.74, 6) is -0.604. The quantitative estimate of drug-likeness (QED) is 0.679. The fourth-order valence-electron chi connectivity index (χ4n) is 2.27. The molecule has 0 saturated carbocycles. The number of piperazine rings is 1. The highest BCUT2D eigenvalue weighted by atomic mass is 16.4. The topological polar surface area (TPSA) is 64.0 Å². The predicted octanol–water partition coefficient (Wildman–Crippen LogP) is -0.294. The molecular formula is C11H22N2O3. The van der Waals surface area contributed by atoms with Crippen LogP contribution < -0.4 is 0 Å². The van der Waals surface area contributed by atoms with Crippen LogP contribution >= 0.6 is 0 Å². The number of nitrogens with zero attached hydrogens (tertiary/aromatic N) is 2. The van der Waals surface area contributed by atoms with Crippen molar-refractivity contribution in [2.45, 2.75) is 19.9 Å². The van der Waals surface area contributed by atoms with E-state index in [1.54, 1.807) is 0 Å². The zero-order valence-electron chi connectivity index (χ0n) is 10.1. The molecule has 5 heteroatoms. The second-order valence-electron chi connectivity index (χ2n) is 4.63. The van der Waals surface area contributed by atoms with Crippen LogP contribution in [0.2, 0.25) is 0 Å². The molecule has 94 valence electrons. The van der Waals surface area contributed by atoms with Gasteiger partial charge in [0.05, 0.1) is 6.61 Å². The molecule has 0 aromatic carbocycles. The lowest BCUT2D eigenvalue weighted by Crippen LogP contribution is -2.54. The Balaban J connectivity index is 2.47. The van der Waals surface area contributed by atoms with Crippen molar-refractivity contribution in [1.82, 2.24) is 9.80 Å². The Morgan fingerprint density at radius 3 is 2.19 bits per heavy atom. The lowest BCUT2D eigenvalue weighted by Gasteiger charge is -2.38. The molecule has 1 saturated heterocycles. The maximum atomic E-state index is 11.2. The van der Waals surface area contributed by atoms with E-state index in [-0.39, 0.29) is 18.6 Å². The third-order valence-electron chi connectivity index (χ3n) is 3.10. The highest BCUT2D eigenvalue weighted by molar-refractivity contribution is 5.73. The van der Waals surface area contributed by atoms with Crippen LogP contribution in [-0.2, 0) is 4.79 Å². The molecule has 16 heavy (non-hydrogen) atoms. The molecule has 0 radical (unpaired) electrons. The minimum Gasteiger partial charge on any atom is -0.480 e. The Kier molecular flexibility index (Phi) is 5.18. The first-order valence-corrected chi connectivity index (χ1v) is 5.86. The molecule has 0 aromatic rings. The van der Waals surface area contributed by atoms with Gasteiger partial charge in [0.2, 0.25) is 0 Å². The zero-order valence-corrected chi connectivity index (χ0v) is 10.1. The first-order valence-electron chi connectivity index (χ1n) is 5.86. The summed E-state index contributed by atoms with van der Waals surface area (Å²) in [4.78, 5) is 15.3. The fraction of sp³-hybridized carbons (Fsp3) is 0.909. The van der Waals surface area contributed by atoms with Crippen molar-refractivity contribution in [2.75, 3.05) is 39.3 Å². The summed E-state index contributed by atoms with van der Waals surface area (Å²) in [5, 5.41) is 18.0. The van der Waals surface area contributed by atoms with Crippen LogP contribution in [0, 0.1) is 5.92 Å². The van der Waals surface area contributed by atoms with Crippen molar-refractivity contribution >= 4 is 5.97 Å². The molecule has 0 bridgehead atoms. The van der Waals surface area contributed by atoms with E-state index in [9.17, 15) is 4.79 Å². The molecule has 2 N–H and O–H groups in total. The number of carbonyl (C=O) groups is 1. The van der Waals surface area contributed by atoms with E-state index < -0.39 is 5.97 Å². The van der Waals surface area contributed by atoms with Crippen LogP contribution in [0.3, 0.4) is 0 Å². The van der Waals surface area contributed by atoms with Gasteiger partial charge in [-0.05, 0) is 5.92 Å². The lowest BCUT2D eigenvalue weighted by atomic mass is 10.0. The smallest absolute Gasteiger partial charge is 0.321 e. The van der Waals surface area contributed by atoms with Crippen LogP contribution in [0.4, 0.5) is 0 Å². The van der Waals surface area contributed by atoms with E-state index in [1.807, 2.05) is 18.7 Å². The van der Waals surface area contributed by atoms with Gasteiger partial charge in [-0.3, -0.25) is 14.6 Å². The average Bonchev–Trinajstić information content (AvgIpc) is 2.20. The van der Waals surface area contributed by atoms with Crippen molar-refractivity contribution in [2.24, 2.45) is 5.92 Å². The van der Waals surface area contributed by atoms with Gasteiger partial charge in [-0.1, -0.05) is 13.8 Å². The molecule has 0 spiro atoms. The number of carboxylic acids is 1. The van der Waals surface area contributed by atoms with Crippen molar-refractivity contribution in [1.29, 1.82) is 0 Å². The summed E-state index contributed by atoms with van der Waals surface area (Å²) in [6.07, 6.45) is 0. The van der Waals surface area contributed by atoms with E-state index in [0.717, 1.165) is 26.2 Å². The molecule has 5 nitrogen and oxygen atoms in total. The minimum atomic E-state index is -0.731. The van der Waals surface area contributed by atoms with Gasteiger partial charge in [-0.2, -0.15) is 0 Å². The van der Waals surface area contributed by atoms with Crippen LogP contribution in [0.25, 0.3) is 0 Å². The Morgan fingerprint density at radius 2 is 1.81 bits per heavy atom. The molecular weight excluding hydrogens is 208 g/mol. The molecule has 1 aliphatic rings. The third-order valence-corrected chi connectivity index (χ3v) is 3.10. The van der Waals surface area contributed by atoms with E-state index in [4.69, 9.17) is 10.2 Å². The Labute approximate surface area is 96.7 Å². The fourth-order valence-corrected chi connectivity index (χ4v) is 2.27. The molecule has 0 aliphatic carbocycles. The maximum Gasteiger partial charge on any atom is 0.321 e. The molecule has 0 aromatic heterocycles. The van der Waals surface area contributed by atoms with Crippen LogP contribution in [0.15, 0.2) is 0 Å². The van der Waals surface area contributed by atoms with E-state index >= 15 is 0 Å². The highest BCUT2D eigenvalue weighted by Crippen LogP contribution is 2.13. The monoisotopic (exact) mass is 230 g/mol. The Bertz CT molecular complexity index is 225. The zero-order chi connectivity index (χ0) is 12.1. The van der Waals surface area contributed by atoms with Crippen LogP contribution in [0.5, 0.6) is 0 Å². The third kappa shape index (κ3) is 3.43. The largest absolute Gasteiger partial charge is 0.480 e. The average molecular weight is 230 g/mol. The summed E-state index contributed by atoms with van der Waals surface area (Å²) in [5.41, 5.74) is 0. The highest BCUT2D eigenvalue weighted by Gasteiger charge is 2.30. The van der Waals surface area contributed by atoms with Crippen molar-refractivity contribution < 1.29 is 15.0 Å². The molecule has 0 amide bonds. The van der Waals surface area contributed by atoms with Crippen LogP contribution in [-0.4, -0.2) is 71.4 Å². The molecule has 1 heterocycles. The van der Waals surface area contributed by atoms with Gasteiger partial charge in [-0.25, -0.2) is 0 Å². The van der Waals surface area contributed by atoms with Crippen molar-refractivity contribution in [3.05, 3.63) is 0 Å². The number of hydrogen-bond acceptors (Lipinski definition) is 4. The normalized spacial score (nSPS) is 21.2.